The number of nitrogen functional groups attached to an aromatic ring is 1. The van der Waals surface area contributed by atoms with E-state index in [-0.39, 0.29) is 5.95 Å². The molecule has 0 fully saturated rings. The number of para-hydroxylation sites is 2. The molecule has 0 saturated heterocycles. The molecule has 9 heteroatoms. The molecule has 0 radical (unpaired) electrons. The molecule has 3 aromatic rings. The molecule has 0 saturated carbocycles. The topological polar surface area (TPSA) is 112 Å². The van der Waals surface area contributed by atoms with E-state index in [0.717, 1.165) is 5.69 Å². The maximum Gasteiger partial charge on any atom is 0.232 e. The molecule has 3 rings (SSSR count). The van der Waals surface area contributed by atoms with Crippen LogP contribution in [-0.2, 0) is 0 Å². The van der Waals surface area contributed by atoms with Crippen molar-refractivity contribution >= 4 is 30.2 Å². The van der Waals surface area contributed by atoms with Crippen LogP contribution >= 0.6 is 12.6 Å². The Morgan fingerprint density at radius 2 is 1.88 bits per heavy atom. The van der Waals surface area contributed by atoms with Gasteiger partial charge in [0.15, 0.2) is 5.82 Å². The van der Waals surface area contributed by atoms with Crippen molar-refractivity contribution in [2.75, 3.05) is 18.2 Å². The summed E-state index contributed by atoms with van der Waals surface area (Å²) in [6.45, 7) is 1.88. The Bertz CT molecular complexity index is 890. The summed E-state index contributed by atoms with van der Waals surface area (Å²) in [6, 6.07) is 9.23. The first-order valence-electron chi connectivity index (χ1n) is 7.46. The van der Waals surface area contributed by atoms with Crippen LogP contribution in [0.15, 0.2) is 36.5 Å². The maximum atomic E-state index is 5.82. The van der Waals surface area contributed by atoms with Crippen LogP contribution in [0.5, 0.6) is 5.75 Å². The predicted molar refractivity (Wildman–Crippen MR) is 98.1 cm³/mol. The highest BCUT2D eigenvalue weighted by molar-refractivity contribution is 7.80. The van der Waals surface area contributed by atoms with Crippen molar-refractivity contribution in [3.63, 3.8) is 0 Å². The van der Waals surface area contributed by atoms with Crippen molar-refractivity contribution in [3.05, 3.63) is 53.9 Å². The summed E-state index contributed by atoms with van der Waals surface area (Å²) in [6.07, 6.45) is 1.67. The SMILES string of the molecule is COc1ccccc1Nc1nc(N)nc(C(S)c2nccc(C)n2)n1. The number of hydrogen-bond donors (Lipinski definition) is 3. The van der Waals surface area contributed by atoms with Gasteiger partial charge in [0.05, 0.1) is 12.8 Å². The lowest BCUT2D eigenvalue weighted by Gasteiger charge is -2.12. The number of aromatic nitrogens is 5. The number of anilines is 3. The van der Waals surface area contributed by atoms with Gasteiger partial charge in [-0.25, -0.2) is 9.97 Å². The van der Waals surface area contributed by atoms with Crippen LogP contribution in [0.1, 0.15) is 22.6 Å². The van der Waals surface area contributed by atoms with E-state index in [1.807, 2.05) is 31.2 Å². The summed E-state index contributed by atoms with van der Waals surface area (Å²) in [5, 5.41) is 2.56. The highest BCUT2D eigenvalue weighted by Crippen LogP contribution is 2.27. The van der Waals surface area contributed by atoms with Gasteiger partial charge in [-0.2, -0.15) is 27.6 Å². The Labute approximate surface area is 150 Å². The zero-order valence-electron chi connectivity index (χ0n) is 13.7. The fourth-order valence-corrected chi connectivity index (χ4v) is 2.41. The Morgan fingerprint density at radius 3 is 2.64 bits per heavy atom. The normalized spacial score (nSPS) is 11.8. The third kappa shape index (κ3) is 3.94. The van der Waals surface area contributed by atoms with Crippen LogP contribution in [0.4, 0.5) is 17.6 Å². The average Bonchev–Trinajstić information content (AvgIpc) is 2.61. The molecule has 1 unspecified atom stereocenters. The Hall–Kier alpha value is -2.94. The molecular formula is C16H17N7OS. The summed E-state index contributed by atoms with van der Waals surface area (Å²) in [4.78, 5) is 21.2. The van der Waals surface area contributed by atoms with E-state index in [9.17, 15) is 0 Å². The zero-order valence-corrected chi connectivity index (χ0v) is 14.6. The Balaban J connectivity index is 1.93. The van der Waals surface area contributed by atoms with E-state index >= 15 is 0 Å². The number of hydrogen-bond acceptors (Lipinski definition) is 9. The van der Waals surface area contributed by atoms with Crippen LogP contribution in [0.25, 0.3) is 0 Å². The molecule has 0 amide bonds. The van der Waals surface area contributed by atoms with Crippen LogP contribution < -0.4 is 15.8 Å². The quantitative estimate of drug-likeness (QED) is 0.598. The highest BCUT2D eigenvalue weighted by Gasteiger charge is 2.18. The van der Waals surface area contributed by atoms with E-state index in [1.165, 1.54) is 0 Å². The average molecular weight is 355 g/mol. The van der Waals surface area contributed by atoms with Crippen LogP contribution in [0.2, 0.25) is 0 Å². The summed E-state index contributed by atoms with van der Waals surface area (Å²) in [7, 11) is 1.59. The molecule has 0 spiro atoms. The van der Waals surface area contributed by atoms with E-state index in [1.54, 1.807) is 19.4 Å². The second-order valence-corrected chi connectivity index (χ2v) is 5.68. The van der Waals surface area contributed by atoms with Gasteiger partial charge in [-0.15, -0.1) is 0 Å². The van der Waals surface area contributed by atoms with Crippen LogP contribution in [0, 0.1) is 6.92 Å². The second-order valence-electron chi connectivity index (χ2n) is 5.16. The molecule has 0 aliphatic heterocycles. The number of nitrogens with zero attached hydrogens (tertiary/aromatic N) is 5. The van der Waals surface area contributed by atoms with Gasteiger partial charge in [-0.3, -0.25) is 0 Å². The smallest absolute Gasteiger partial charge is 0.232 e. The molecule has 2 heterocycles. The lowest BCUT2D eigenvalue weighted by Crippen LogP contribution is -2.11. The third-order valence-electron chi connectivity index (χ3n) is 3.33. The third-order valence-corrected chi connectivity index (χ3v) is 3.79. The summed E-state index contributed by atoms with van der Waals surface area (Å²) in [5.41, 5.74) is 7.37. The molecular weight excluding hydrogens is 338 g/mol. The molecule has 128 valence electrons. The van der Waals surface area contributed by atoms with E-state index in [2.05, 4.69) is 42.9 Å². The number of benzene rings is 1. The van der Waals surface area contributed by atoms with Crippen molar-refractivity contribution in [2.45, 2.75) is 12.2 Å². The van der Waals surface area contributed by atoms with E-state index in [0.29, 0.717) is 29.0 Å². The summed E-state index contributed by atoms with van der Waals surface area (Å²) >= 11 is 4.53. The van der Waals surface area contributed by atoms with Gasteiger partial charge >= 0.3 is 0 Å². The summed E-state index contributed by atoms with van der Waals surface area (Å²) < 4.78 is 5.31. The van der Waals surface area contributed by atoms with Crippen molar-refractivity contribution in [1.29, 1.82) is 0 Å². The lowest BCUT2D eigenvalue weighted by molar-refractivity contribution is 0.417. The number of ether oxygens (including phenoxy) is 1. The lowest BCUT2D eigenvalue weighted by atomic mass is 10.3. The molecule has 1 atom stereocenters. The monoisotopic (exact) mass is 355 g/mol. The minimum absolute atomic E-state index is 0.0779. The number of aryl methyl sites for hydroxylation is 1. The van der Waals surface area contributed by atoms with Crippen molar-refractivity contribution < 1.29 is 4.74 Å². The first kappa shape index (κ1) is 16.9. The van der Waals surface area contributed by atoms with Crippen molar-refractivity contribution in [1.82, 2.24) is 24.9 Å². The van der Waals surface area contributed by atoms with Crippen molar-refractivity contribution in [3.8, 4) is 5.75 Å². The van der Waals surface area contributed by atoms with Gasteiger partial charge < -0.3 is 15.8 Å². The van der Waals surface area contributed by atoms with Gasteiger partial charge in [0.2, 0.25) is 11.9 Å². The van der Waals surface area contributed by atoms with Gasteiger partial charge in [-0.05, 0) is 25.1 Å². The molecule has 0 bridgehead atoms. The molecule has 0 aliphatic rings. The molecule has 0 aliphatic carbocycles. The minimum atomic E-state index is -0.525. The van der Waals surface area contributed by atoms with Gasteiger partial charge in [0.1, 0.15) is 16.8 Å². The number of thiol groups is 1. The van der Waals surface area contributed by atoms with Crippen LogP contribution in [-0.4, -0.2) is 32.0 Å². The highest BCUT2D eigenvalue weighted by atomic mass is 32.1. The standard InChI is InChI=1S/C16H17N7OS/c1-9-7-8-18-13(19-9)12(25)14-21-15(17)23-16(22-14)20-10-5-3-4-6-11(10)24-2/h3-8,12,25H,1-2H3,(H3,17,20,21,22,23). The number of nitrogens with two attached hydrogens (primary N) is 1. The first-order valence-corrected chi connectivity index (χ1v) is 7.97. The van der Waals surface area contributed by atoms with Gasteiger partial charge in [0.25, 0.3) is 0 Å². The Morgan fingerprint density at radius 1 is 1.08 bits per heavy atom. The first-order chi connectivity index (χ1) is 12.1. The fourth-order valence-electron chi connectivity index (χ4n) is 2.17. The molecule has 25 heavy (non-hydrogen) atoms. The zero-order chi connectivity index (χ0) is 17.8. The maximum absolute atomic E-state index is 5.82. The molecule has 8 nitrogen and oxygen atoms in total. The number of methoxy groups -OCH3 is 1. The Kier molecular flexibility index (Phi) is 4.94. The van der Waals surface area contributed by atoms with E-state index in [4.69, 9.17) is 10.5 Å². The minimum Gasteiger partial charge on any atom is -0.495 e. The fraction of sp³-hybridized carbons (Fsp3) is 0.188. The van der Waals surface area contributed by atoms with E-state index < -0.39 is 5.25 Å². The van der Waals surface area contributed by atoms with Crippen molar-refractivity contribution in [2.24, 2.45) is 0 Å². The second kappa shape index (κ2) is 7.31. The largest absolute Gasteiger partial charge is 0.495 e. The summed E-state index contributed by atoms with van der Waals surface area (Å²) in [5.74, 6) is 1.89. The number of nitrogens with one attached hydrogen (secondary N) is 1. The predicted octanol–water partition coefficient (Wildman–Crippen LogP) is 2.32. The van der Waals surface area contributed by atoms with Crippen LogP contribution in [0.3, 0.4) is 0 Å². The van der Waals surface area contributed by atoms with Gasteiger partial charge in [-0.1, -0.05) is 12.1 Å². The number of rotatable bonds is 5. The molecule has 2 aromatic heterocycles. The molecule has 1 aromatic carbocycles. The molecule has 3 N–H and O–H groups in total. The van der Waals surface area contributed by atoms with Gasteiger partial charge in [0, 0.05) is 11.9 Å².